The average molecular weight is 330 g/mol. The number of benzene rings is 1. The lowest BCUT2D eigenvalue weighted by molar-refractivity contribution is 0.0859. The summed E-state index contributed by atoms with van der Waals surface area (Å²) in [5, 5.41) is 0.696. The van der Waals surface area contributed by atoms with Gasteiger partial charge in [0.15, 0.2) is 5.78 Å². The van der Waals surface area contributed by atoms with Crippen LogP contribution in [0, 0.1) is 5.41 Å². The standard InChI is InChI=1S/C14H23N2O3PS/c1-14(2,3)13(17)11-8-10(6-7-12(11)20)21(18,19)15-9-16(4)5/h6-8,15H,9,20H2,1-5H3. The fraction of sp³-hybridized carbons (Fsp3) is 0.500. The quantitative estimate of drug-likeness (QED) is 0.501. The minimum Gasteiger partial charge on any atom is -0.296 e. The van der Waals surface area contributed by atoms with Gasteiger partial charge in [0, 0.05) is 11.0 Å². The van der Waals surface area contributed by atoms with Crippen LogP contribution in [-0.2, 0) is 10.0 Å². The second-order valence-corrected chi connectivity index (χ2v) is 8.60. The molecule has 0 fully saturated rings. The summed E-state index contributed by atoms with van der Waals surface area (Å²) in [5.41, 5.74) is -0.148. The van der Waals surface area contributed by atoms with E-state index >= 15 is 0 Å². The Balaban J connectivity index is 3.21. The van der Waals surface area contributed by atoms with Crippen LogP contribution in [0.5, 0.6) is 0 Å². The van der Waals surface area contributed by atoms with Crippen molar-refractivity contribution in [2.24, 2.45) is 5.41 Å². The normalized spacial score (nSPS) is 12.7. The maximum Gasteiger partial charge on any atom is 0.241 e. The topological polar surface area (TPSA) is 66.5 Å². The Hall–Kier alpha value is -0.810. The summed E-state index contributed by atoms with van der Waals surface area (Å²) in [6.45, 7) is 5.63. The van der Waals surface area contributed by atoms with Crippen molar-refractivity contribution in [1.29, 1.82) is 0 Å². The molecule has 0 heterocycles. The van der Waals surface area contributed by atoms with Crippen LogP contribution in [0.2, 0.25) is 0 Å². The average Bonchev–Trinajstić information content (AvgIpc) is 2.35. The van der Waals surface area contributed by atoms with E-state index in [0.717, 1.165) is 0 Å². The summed E-state index contributed by atoms with van der Waals surface area (Å²) in [7, 11) is 2.38. The number of carbonyl (C=O) groups excluding carboxylic acids is 1. The van der Waals surface area contributed by atoms with Gasteiger partial charge in [-0.05, 0) is 31.5 Å². The molecule has 1 N–H and O–H groups in total. The number of nitrogens with zero attached hydrogens (tertiary/aromatic N) is 1. The second kappa shape index (κ2) is 6.53. The number of nitrogens with one attached hydrogen (secondary N) is 1. The van der Waals surface area contributed by atoms with E-state index in [1.54, 1.807) is 25.1 Å². The van der Waals surface area contributed by atoms with Crippen LogP contribution in [-0.4, -0.2) is 39.9 Å². The van der Waals surface area contributed by atoms with Gasteiger partial charge in [0.25, 0.3) is 0 Å². The minimum absolute atomic E-state index is 0.0860. The first-order valence-corrected chi connectivity index (χ1v) is 8.60. The van der Waals surface area contributed by atoms with E-state index < -0.39 is 15.4 Å². The zero-order valence-electron chi connectivity index (χ0n) is 13.1. The molecule has 0 aromatic heterocycles. The highest BCUT2D eigenvalue weighted by atomic mass is 32.2. The lowest BCUT2D eigenvalue weighted by Crippen LogP contribution is -2.33. The number of sulfonamides is 1. The van der Waals surface area contributed by atoms with E-state index in [4.69, 9.17) is 0 Å². The fourth-order valence-corrected chi connectivity index (χ4v) is 3.03. The van der Waals surface area contributed by atoms with Gasteiger partial charge in [-0.15, -0.1) is 9.24 Å². The highest BCUT2D eigenvalue weighted by Crippen LogP contribution is 2.22. The van der Waals surface area contributed by atoms with Crippen molar-refractivity contribution in [3.8, 4) is 0 Å². The molecule has 0 aliphatic heterocycles. The van der Waals surface area contributed by atoms with Crippen molar-refractivity contribution < 1.29 is 13.2 Å². The van der Waals surface area contributed by atoms with Crippen LogP contribution < -0.4 is 10.0 Å². The van der Waals surface area contributed by atoms with Crippen LogP contribution in [0.4, 0.5) is 0 Å². The minimum atomic E-state index is -3.63. The molecule has 0 aliphatic carbocycles. The number of hydrogen-bond donors (Lipinski definition) is 1. The Morgan fingerprint density at radius 2 is 1.86 bits per heavy atom. The number of hydrogen-bond acceptors (Lipinski definition) is 4. The number of ketones is 1. The van der Waals surface area contributed by atoms with Crippen LogP contribution in [0.15, 0.2) is 23.1 Å². The van der Waals surface area contributed by atoms with Crippen LogP contribution in [0.25, 0.3) is 0 Å². The molecule has 0 radical (unpaired) electrons. The summed E-state index contributed by atoms with van der Waals surface area (Å²) < 4.78 is 26.9. The molecule has 0 saturated carbocycles. The molecule has 118 valence electrons. The Morgan fingerprint density at radius 1 is 1.29 bits per heavy atom. The van der Waals surface area contributed by atoms with Crippen LogP contribution in [0.1, 0.15) is 31.1 Å². The van der Waals surface area contributed by atoms with Gasteiger partial charge in [-0.25, -0.2) is 8.42 Å². The molecule has 1 atom stereocenters. The Kier molecular flexibility index (Phi) is 5.67. The van der Waals surface area contributed by atoms with Crippen molar-refractivity contribution in [2.75, 3.05) is 20.8 Å². The summed E-state index contributed by atoms with van der Waals surface area (Å²) in [6, 6.07) is 4.57. The Labute approximate surface area is 129 Å². The molecule has 21 heavy (non-hydrogen) atoms. The van der Waals surface area contributed by atoms with E-state index in [0.29, 0.717) is 10.9 Å². The predicted molar refractivity (Wildman–Crippen MR) is 88.4 cm³/mol. The zero-order valence-corrected chi connectivity index (χ0v) is 15.1. The molecule has 0 aliphatic rings. The number of rotatable bonds is 5. The maximum atomic E-state index is 12.4. The molecular weight excluding hydrogens is 307 g/mol. The summed E-state index contributed by atoms with van der Waals surface area (Å²) in [4.78, 5) is 14.2. The van der Waals surface area contributed by atoms with E-state index in [9.17, 15) is 13.2 Å². The largest absolute Gasteiger partial charge is 0.296 e. The van der Waals surface area contributed by atoms with Gasteiger partial charge in [0.1, 0.15) is 0 Å². The van der Waals surface area contributed by atoms with E-state index in [2.05, 4.69) is 14.0 Å². The van der Waals surface area contributed by atoms with Crippen molar-refractivity contribution in [3.63, 3.8) is 0 Å². The molecule has 0 bridgehead atoms. The highest BCUT2D eigenvalue weighted by molar-refractivity contribution is 7.89. The van der Waals surface area contributed by atoms with Crippen molar-refractivity contribution in [3.05, 3.63) is 23.8 Å². The molecular formula is C14H23N2O3PS. The van der Waals surface area contributed by atoms with Crippen molar-refractivity contribution in [1.82, 2.24) is 9.62 Å². The summed E-state index contributed by atoms with van der Waals surface area (Å²) in [6.07, 6.45) is 0. The molecule has 1 rings (SSSR count). The SMILES string of the molecule is CN(C)CNS(=O)(=O)c1ccc(P)c(C(=O)C(C)(C)C)c1. The molecule has 0 amide bonds. The molecule has 0 saturated heterocycles. The molecule has 7 heteroatoms. The third-order valence-corrected chi connectivity index (χ3v) is 4.72. The zero-order chi connectivity index (χ0) is 16.4. The van der Waals surface area contributed by atoms with Crippen molar-refractivity contribution in [2.45, 2.75) is 25.7 Å². The third kappa shape index (κ3) is 4.85. The lowest BCUT2D eigenvalue weighted by atomic mass is 9.86. The fourth-order valence-electron chi connectivity index (χ4n) is 1.60. The van der Waals surface area contributed by atoms with Gasteiger partial charge >= 0.3 is 0 Å². The van der Waals surface area contributed by atoms with E-state index in [-0.39, 0.29) is 17.3 Å². The third-order valence-electron chi connectivity index (χ3n) is 2.83. The number of carbonyl (C=O) groups is 1. The molecule has 1 aromatic rings. The Bertz CT molecular complexity index is 634. The van der Waals surface area contributed by atoms with Crippen molar-refractivity contribution >= 4 is 30.4 Å². The van der Waals surface area contributed by atoms with Gasteiger partial charge in [0.05, 0.1) is 11.6 Å². The molecule has 5 nitrogen and oxygen atoms in total. The van der Waals surface area contributed by atoms with Crippen LogP contribution >= 0.6 is 9.24 Å². The summed E-state index contributed by atoms with van der Waals surface area (Å²) in [5.74, 6) is -0.0860. The summed E-state index contributed by atoms with van der Waals surface area (Å²) >= 11 is 0. The van der Waals surface area contributed by atoms with E-state index in [1.807, 2.05) is 20.8 Å². The Morgan fingerprint density at radius 3 is 2.33 bits per heavy atom. The predicted octanol–water partition coefficient (Wildman–Crippen LogP) is 1.21. The van der Waals surface area contributed by atoms with Gasteiger partial charge in [0.2, 0.25) is 10.0 Å². The second-order valence-electron chi connectivity index (χ2n) is 6.21. The van der Waals surface area contributed by atoms with E-state index in [1.165, 1.54) is 12.1 Å². The van der Waals surface area contributed by atoms with Crippen LogP contribution in [0.3, 0.4) is 0 Å². The lowest BCUT2D eigenvalue weighted by Gasteiger charge is -2.19. The number of Topliss-reactive ketones (excluding diaryl/α,β-unsaturated/α-hetero) is 1. The molecule has 0 spiro atoms. The van der Waals surface area contributed by atoms with Gasteiger partial charge < -0.3 is 0 Å². The first-order chi connectivity index (χ1) is 9.45. The first-order valence-electron chi connectivity index (χ1n) is 6.54. The first kappa shape index (κ1) is 18.2. The molecule has 1 unspecified atom stereocenters. The molecule has 1 aromatic carbocycles. The van der Waals surface area contributed by atoms with Gasteiger partial charge in [-0.3, -0.25) is 9.69 Å². The smallest absolute Gasteiger partial charge is 0.241 e. The highest BCUT2D eigenvalue weighted by Gasteiger charge is 2.26. The maximum absolute atomic E-state index is 12.4. The van der Waals surface area contributed by atoms with Gasteiger partial charge in [-0.2, -0.15) is 4.72 Å². The van der Waals surface area contributed by atoms with Gasteiger partial charge in [-0.1, -0.05) is 26.8 Å². The monoisotopic (exact) mass is 330 g/mol.